The molecule has 0 atom stereocenters. The highest BCUT2D eigenvalue weighted by Gasteiger charge is 2.15. The van der Waals surface area contributed by atoms with E-state index in [-0.39, 0.29) is 11.5 Å². The minimum absolute atomic E-state index is 0.217. The Hall–Kier alpha value is -4.84. The fourth-order valence-electron chi connectivity index (χ4n) is 4.03. The number of carbonyl (C=O) groups is 1. The predicted molar refractivity (Wildman–Crippen MR) is 143 cm³/mol. The molecular weight excluding hydrogens is 448 g/mol. The van der Waals surface area contributed by atoms with Crippen molar-refractivity contribution in [1.82, 2.24) is 14.5 Å². The van der Waals surface area contributed by atoms with Crippen molar-refractivity contribution in [2.45, 2.75) is 13.3 Å². The largest absolute Gasteiger partial charge is 0.322 e. The Labute approximate surface area is 208 Å². The average molecular weight is 473 g/mol. The van der Waals surface area contributed by atoms with E-state index < -0.39 is 0 Å². The summed E-state index contributed by atoms with van der Waals surface area (Å²) in [5, 5.41) is 2.94. The van der Waals surface area contributed by atoms with E-state index in [1.807, 2.05) is 78.9 Å². The first-order valence-corrected chi connectivity index (χ1v) is 11.6. The van der Waals surface area contributed by atoms with Crippen LogP contribution < -0.4 is 10.9 Å². The maximum absolute atomic E-state index is 13.6. The van der Waals surface area contributed by atoms with E-state index in [0.29, 0.717) is 40.2 Å². The van der Waals surface area contributed by atoms with Crippen molar-refractivity contribution in [1.29, 1.82) is 0 Å². The first-order chi connectivity index (χ1) is 17.6. The number of rotatable bonds is 6. The number of aromatic nitrogens is 3. The van der Waals surface area contributed by atoms with Crippen molar-refractivity contribution in [3.8, 4) is 5.69 Å². The van der Waals surface area contributed by atoms with Crippen LogP contribution in [0.15, 0.2) is 114 Å². The Morgan fingerprint density at radius 3 is 2.44 bits per heavy atom. The van der Waals surface area contributed by atoms with E-state index in [0.717, 1.165) is 11.1 Å². The van der Waals surface area contributed by atoms with Crippen LogP contribution in [0.1, 0.15) is 23.7 Å². The molecule has 0 unspecified atom stereocenters. The second kappa shape index (κ2) is 10.2. The topological polar surface area (TPSA) is 76.9 Å². The Bertz CT molecular complexity index is 1620. The fourth-order valence-corrected chi connectivity index (χ4v) is 4.03. The third kappa shape index (κ3) is 4.98. The Morgan fingerprint density at radius 2 is 1.67 bits per heavy atom. The van der Waals surface area contributed by atoms with Crippen molar-refractivity contribution in [2.24, 2.45) is 0 Å². The Morgan fingerprint density at radius 1 is 0.917 bits per heavy atom. The van der Waals surface area contributed by atoms with Gasteiger partial charge in [0, 0.05) is 23.9 Å². The van der Waals surface area contributed by atoms with E-state index in [9.17, 15) is 9.59 Å². The summed E-state index contributed by atoms with van der Waals surface area (Å²) >= 11 is 0. The monoisotopic (exact) mass is 472 g/mol. The summed E-state index contributed by atoms with van der Waals surface area (Å²) in [6.07, 6.45) is 3.88. The first-order valence-electron chi connectivity index (χ1n) is 11.6. The number of nitrogens with zero attached hydrogens (tertiary/aromatic N) is 3. The number of carbonyl (C=O) groups excluding carboxylic acids is 1. The lowest BCUT2D eigenvalue weighted by Gasteiger charge is -2.13. The van der Waals surface area contributed by atoms with E-state index >= 15 is 0 Å². The van der Waals surface area contributed by atoms with Crippen LogP contribution in [0.2, 0.25) is 0 Å². The van der Waals surface area contributed by atoms with Crippen molar-refractivity contribution in [2.75, 3.05) is 5.32 Å². The molecule has 0 aliphatic heterocycles. The molecule has 3 aromatic carbocycles. The molecule has 36 heavy (non-hydrogen) atoms. The normalized spacial score (nSPS) is 11.4. The third-order valence-corrected chi connectivity index (χ3v) is 5.80. The molecule has 0 fully saturated rings. The first kappa shape index (κ1) is 22.9. The van der Waals surface area contributed by atoms with Crippen LogP contribution in [0.4, 0.5) is 5.69 Å². The maximum atomic E-state index is 13.6. The smallest absolute Gasteiger partial charge is 0.278 e. The summed E-state index contributed by atoms with van der Waals surface area (Å²) in [6, 6.07) is 30.3. The van der Waals surface area contributed by atoms with Crippen molar-refractivity contribution >= 4 is 28.8 Å². The van der Waals surface area contributed by atoms with Gasteiger partial charge < -0.3 is 5.32 Å². The minimum Gasteiger partial charge on any atom is -0.322 e. The lowest BCUT2D eigenvalue weighted by Crippen LogP contribution is -2.25. The van der Waals surface area contributed by atoms with Crippen molar-refractivity contribution in [3.63, 3.8) is 0 Å². The highest BCUT2D eigenvalue weighted by atomic mass is 16.1. The van der Waals surface area contributed by atoms with Crippen LogP contribution in [0.25, 0.3) is 22.9 Å². The molecule has 2 aromatic heterocycles. The number of benzene rings is 3. The van der Waals surface area contributed by atoms with Gasteiger partial charge in [0.2, 0.25) is 0 Å². The van der Waals surface area contributed by atoms with E-state index in [4.69, 9.17) is 0 Å². The lowest BCUT2D eigenvalue weighted by molar-refractivity contribution is -0.112. The molecule has 0 saturated heterocycles. The highest BCUT2D eigenvalue weighted by molar-refractivity contribution is 6.06. The van der Waals surface area contributed by atoms with Crippen LogP contribution in [0.3, 0.4) is 0 Å². The SMILES string of the molecule is C/C(=C\c1ccccc1)C(=O)Nc1cccc(-n2c(=O)c(Cc3ccccc3)nc3cccnc32)c1. The summed E-state index contributed by atoms with van der Waals surface area (Å²) < 4.78 is 1.56. The molecule has 0 spiro atoms. The van der Waals surface area contributed by atoms with Gasteiger partial charge in [-0.2, -0.15) is 0 Å². The Kier molecular flexibility index (Phi) is 6.49. The van der Waals surface area contributed by atoms with Gasteiger partial charge in [0.15, 0.2) is 5.65 Å². The van der Waals surface area contributed by atoms with Crippen molar-refractivity contribution < 1.29 is 4.79 Å². The highest BCUT2D eigenvalue weighted by Crippen LogP contribution is 2.19. The summed E-state index contributed by atoms with van der Waals surface area (Å²) in [5.41, 5.74) is 4.97. The van der Waals surface area contributed by atoms with Crippen LogP contribution >= 0.6 is 0 Å². The molecule has 5 aromatic rings. The summed E-state index contributed by atoms with van der Waals surface area (Å²) in [5.74, 6) is -0.217. The molecule has 0 saturated carbocycles. The molecular formula is C30H24N4O2. The van der Waals surface area contributed by atoms with E-state index in [1.54, 1.807) is 42.0 Å². The molecule has 6 nitrogen and oxygen atoms in total. The van der Waals surface area contributed by atoms with Crippen LogP contribution in [0.5, 0.6) is 0 Å². The van der Waals surface area contributed by atoms with Gasteiger partial charge in [-0.15, -0.1) is 0 Å². The molecule has 1 N–H and O–H groups in total. The molecule has 1 amide bonds. The lowest BCUT2D eigenvalue weighted by atomic mass is 10.1. The zero-order valence-corrected chi connectivity index (χ0v) is 19.8. The average Bonchev–Trinajstić information content (AvgIpc) is 2.90. The minimum atomic E-state index is -0.242. The zero-order chi connectivity index (χ0) is 24.9. The molecule has 6 heteroatoms. The molecule has 2 heterocycles. The summed E-state index contributed by atoms with van der Waals surface area (Å²) in [6.45, 7) is 1.77. The third-order valence-electron chi connectivity index (χ3n) is 5.80. The number of pyridine rings is 1. The summed E-state index contributed by atoms with van der Waals surface area (Å²) in [7, 11) is 0. The second-order valence-electron chi connectivity index (χ2n) is 8.45. The van der Waals surface area contributed by atoms with Crippen LogP contribution in [-0.2, 0) is 11.2 Å². The van der Waals surface area contributed by atoms with Crippen LogP contribution in [0, 0.1) is 0 Å². The zero-order valence-electron chi connectivity index (χ0n) is 19.8. The molecule has 0 bridgehead atoms. The number of fused-ring (bicyclic) bond motifs is 1. The number of hydrogen-bond acceptors (Lipinski definition) is 4. The molecule has 176 valence electrons. The van der Waals surface area contributed by atoms with Gasteiger partial charge in [-0.05, 0) is 54.5 Å². The summed E-state index contributed by atoms with van der Waals surface area (Å²) in [4.78, 5) is 35.5. The van der Waals surface area contributed by atoms with Crippen LogP contribution in [-0.4, -0.2) is 20.4 Å². The Balaban J connectivity index is 1.51. The molecule has 0 radical (unpaired) electrons. The molecule has 0 aliphatic carbocycles. The molecule has 0 aliphatic rings. The fraction of sp³-hybridized carbons (Fsp3) is 0.0667. The van der Waals surface area contributed by atoms with Gasteiger partial charge in [0.1, 0.15) is 11.2 Å². The van der Waals surface area contributed by atoms with Gasteiger partial charge in [-0.25, -0.2) is 9.97 Å². The second-order valence-corrected chi connectivity index (χ2v) is 8.45. The van der Waals surface area contributed by atoms with Gasteiger partial charge in [-0.1, -0.05) is 66.7 Å². The van der Waals surface area contributed by atoms with Gasteiger partial charge in [-0.3, -0.25) is 14.2 Å². The van der Waals surface area contributed by atoms with Gasteiger partial charge in [0.05, 0.1) is 5.69 Å². The van der Waals surface area contributed by atoms with E-state index in [2.05, 4.69) is 15.3 Å². The molecule has 5 rings (SSSR count). The van der Waals surface area contributed by atoms with Gasteiger partial charge >= 0.3 is 0 Å². The number of nitrogens with one attached hydrogen (secondary N) is 1. The predicted octanol–water partition coefficient (Wildman–Crippen LogP) is 5.41. The maximum Gasteiger partial charge on any atom is 0.278 e. The van der Waals surface area contributed by atoms with Gasteiger partial charge in [0.25, 0.3) is 11.5 Å². The number of hydrogen-bond donors (Lipinski definition) is 1. The van der Waals surface area contributed by atoms with Crippen molar-refractivity contribution in [3.05, 3.63) is 136 Å². The van der Waals surface area contributed by atoms with E-state index in [1.165, 1.54) is 0 Å². The number of anilines is 1. The quantitative estimate of drug-likeness (QED) is 0.335. The standard InChI is InChI=1S/C30H24N4O2/c1-21(18-22-10-4-2-5-11-22)29(35)32-24-14-8-15-25(20-24)34-28-26(16-9-17-31-28)33-27(30(34)36)19-23-12-6-3-7-13-23/h2-18,20H,19H2,1H3,(H,32,35)/b21-18+. The number of amides is 1.